The van der Waals surface area contributed by atoms with Crippen LogP contribution in [0.5, 0.6) is 0 Å². The van der Waals surface area contributed by atoms with Crippen molar-refractivity contribution < 1.29 is 0 Å². The van der Waals surface area contributed by atoms with E-state index in [9.17, 15) is 0 Å². The van der Waals surface area contributed by atoms with E-state index in [2.05, 4.69) is 36.3 Å². The average Bonchev–Trinajstić information content (AvgIpc) is 2.49. The summed E-state index contributed by atoms with van der Waals surface area (Å²) < 4.78 is 0. The Morgan fingerprint density at radius 2 is 2.05 bits per heavy atom. The fourth-order valence-electron chi connectivity index (χ4n) is 1.83. The van der Waals surface area contributed by atoms with Crippen molar-refractivity contribution in [1.29, 1.82) is 0 Å². The van der Waals surface area contributed by atoms with Gasteiger partial charge in [-0.25, -0.2) is 0 Å². The summed E-state index contributed by atoms with van der Waals surface area (Å²) in [6.45, 7) is 8.12. The summed E-state index contributed by atoms with van der Waals surface area (Å²) in [6.07, 6.45) is 15.4. The highest BCUT2D eigenvalue weighted by Crippen LogP contribution is 2.12. The van der Waals surface area contributed by atoms with Gasteiger partial charge in [-0.15, -0.1) is 11.8 Å². The van der Waals surface area contributed by atoms with Crippen LogP contribution in [0.25, 0.3) is 5.57 Å². The molecule has 0 aliphatic heterocycles. The second kappa shape index (κ2) is 11.0. The lowest BCUT2D eigenvalue weighted by atomic mass is 9.86. The molecule has 0 saturated heterocycles. The quantitative estimate of drug-likeness (QED) is 0.364. The molecule has 0 saturated carbocycles. The van der Waals surface area contributed by atoms with Crippen LogP contribution >= 0.6 is 11.8 Å². The van der Waals surface area contributed by atoms with E-state index in [1.165, 1.54) is 5.56 Å². The molecule has 1 aromatic carbocycles. The first-order valence-corrected chi connectivity index (χ1v) is 8.48. The molecule has 0 fully saturated rings. The molecule has 1 rings (SSSR count). The van der Waals surface area contributed by atoms with Crippen molar-refractivity contribution in [3.8, 4) is 0 Å². The molecule has 0 nitrogen and oxygen atoms in total. The van der Waals surface area contributed by atoms with Gasteiger partial charge < -0.3 is 0 Å². The van der Waals surface area contributed by atoms with Crippen LogP contribution in [-0.4, -0.2) is 13.6 Å². The van der Waals surface area contributed by atoms with Gasteiger partial charge in [0.05, 0.1) is 0 Å². The molecule has 112 valence electrons. The lowest BCUT2D eigenvalue weighted by molar-refractivity contribution is 1.25. The molecule has 0 bridgehead atoms. The van der Waals surface area contributed by atoms with Crippen molar-refractivity contribution in [2.75, 3.05) is 5.75 Å². The molecule has 0 unspecified atom stereocenters. The molecule has 1 aromatic rings. The van der Waals surface area contributed by atoms with Gasteiger partial charge in [0.2, 0.25) is 0 Å². The summed E-state index contributed by atoms with van der Waals surface area (Å²) >= 11 is 1.82. The van der Waals surface area contributed by atoms with Crippen molar-refractivity contribution in [3.05, 3.63) is 83.8 Å². The smallest absolute Gasteiger partial charge is 0.114 e. The van der Waals surface area contributed by atoms with E-state index < -0.39 is 0 Å². The van der Waals surface area contributed by atoms with Gasteiger partial charge in [-0.3, -0.25) is 0 Å². The Hall–Kier alpha value is -1.67. The van der Waals surface area contributed by atoms with Crippen LogP contribution in [0.2, 0.25) is 0 Å². The van der Waals surface area contributed by atoms with Gasteiger partial charge in [-0.05, 0) is 36.8 Å². The summed E-state index contributed by atoms with van der Waals surface area (Å²) in [4.78, 5) is 0. The first-order chi connectivity index (χ1) is 10.6. The molecule has 0 aliphatic rings. The molecule has 0 spiro atoms. The number of hydrogen-bond donors (Lipinski definition) is 0. The Labute approximate surface area is 140 Å². The zero-order valence-electron chi connectivity index (χ0n) is 13.5. The van der Waals surface area contributed by atoms with Crippen molar-refractivity contribution in [1.82, 2.24) is 0 Å². The van der Waals surface area contributed by atoms with Crippen LogP contribution in [0.1, 0.15) is 24.5 Å². The largest absolute Gasteiger partial charge is 0.134 e. The minimum atomic E-state index is 0.781. The monoisotopic (exact) mass is 306 g/mol. The summed E-state index contributed by atoms with van der Waals surface area (Å²) in [5.41, 5.74) is 3.88. The predicted octanol–water partition coefficient (Wildman–Crippen LogP) is 5.13. The van der Waals surface area contributed by atoms with Gasteiger partial charge in [0.25, 0.3) is 0 Å². The second-order valence-corrected chi connectivity index (χ2v) is 5.93. The highest BCUT2D eigenvalue weighted by atomic mass is 32.2. The van der Waals surface area contributed by atoms with Crippen molar-refractivity contribution in [2.45, 2.75) is 20.3 Å². The van der Waals surface area contributed by atoms with Gasteiger partial charge in [0.1, 0.15) is 7.85 Å². The molecular formula is C20H23BS. The Morgan fingerprint density at radius 3 is 2.77 bits per heavy atom. The molecule has 0 aromatic heterocycles. The maximum atomic E-state index is 6.02. The van der Waals surface area contributed by atoms with E-state index in [4.69, 9.17) is 7.85 Å². The molecule has 0 heterocycles. The minimum absolute atomic E-state index is 0.781. The first kappa shape index (κ1) is 18.4. The summed E-state index contributed by atoms with van der Waals surface area (Å²) in [5, 5.41) is 2.12. The van der Waals surface area contributed by atoms with Crippen molar-refractivity contribution in [2.24, 2.45) is 0 Å². The molecule has 0 N–H and O–H groups in total. The first-order valence-electron chi connectivity index (χ1n) is 7.43. The van der Waals surface area contributed by atoms with Crippen LogP contribution in [0.3, 0.4) is 0 Å². The zero-order valence-corrected chi connectivity index (χ0v) is 14.3. The SMILES string of the molecule is [B]c1cc(C)ccc1C(=C)/C=C\C=C/CCS/C=C/C=C\C. The Balaban J connectivity index is 2.35. The van der Waals surface area contributed by atoms with Crippen molar-refractivity contribution >= 4 is 30.6 Å². The maximum absolute atomic E-state index is 6.02. The predicted molar refractivity (Wildman–Crippen MR) is 105 cm³/mol. The number of allylic oxidation sites excluding steroid dienone is 8. The third kappa shape index (κ3) is 7.37. The molecule has 0 aliphatic carbocycles. The maximum Gasteiger partial charge on any atom is 0.114 e. The van der Waals surface area contributed by atoms with Crippen LogP contribution < -0.4 is 5.46 Å². The fourth-order valence-corrected chi connectivity index (χ4v) is 2.44. The number of aryl methyl sites for hydroxylation is 1. The van der Waals surface area contributed by atoms with Gasteiger partial charge >= 0.3 is 0 Å². The average molecular weight is 306 g/mol. The lowest BCUT2D eigenvalue weighted by Gasteiger charge is -2.06. The van der Waals surface area contributed by atoms with Gasteiger partial charge in [-0.2, -0.15) is 0 Å². The van der Waals surface area contributed by atoms with Gasteiger partial charge in [0, 0.05) is 5.75 Å². The molecule has 22 heavy (non-hydrogen) atoms. The summed E-state index contributed by atoms with van der Waals surface area (Å²) in [6, 6.07) is 6.05. The number of hydrogen-bond acceptors (Lipinski definition) is 1. The van der Waals surface area contributed by atoms with Crippen LogP contribution in [0, 0.1) is 6.92 Å². The minimum Gasteiger partial charge on any atom is -0.134 e. The molecule has 2 radical (unpaired) electrons. The third-order valence-corrected chi connectivity index (χ3v) is 3.80. The molecule has 0 amide bonds. The molecule has 0 atom stereocenters. The van der Waals surface area contributed by atoms with Crippen LogP contribution in [0.15, 0.2) is 72.7 Å². The van der Waals surface area contributed by atoms with Crippen LogP contribution in [0.4, 0.5) is 0 Å². The number of rotatable bonds is 8. The fraction of sp³-hybridized carbons (Fsp3) is 0.200. The lowest BCUT2D eigenvalue weighted by Crippen LogP contribution is -2.08. The number of benzene rings is 1. The van der Waals surface area contributed by atoms with Crippen molar-refractivity contribution in [3.63, 3.8) is 0 Å². The van der Waals surface area contributed by atoms with E-state index >= 15 is 0 Å². The van der Waals surface area contributed by atoms with E-state index in [-0.39, 0.29) is 0 Å². The highest BCUT2D eigenvalue weighted by Gasteiger charge is 1.98. The van der Waals surface area contributed by atoms with E-state index in [0.717, 1.165) is 28.8 Å². The molecular weight excluding hydrogens is 283 g/mol. The van der Waals surface area contributed by atoms with Gasteiger partial charge in [-0.1, -0.05) is 78.3 Å². The summed E-state index contributed by atoms with van der Waals surface area (Å²) in [5.74, 6) is 1.09. The Morgan fingerprint density at radius 1 is 1.23 bits per heavy atom. The third-order valence-electron chi connectivity index (χ3n) is 2.98. The van der Waals surface area contributed by atoms with Crippen LogP contribution in [-0.2, 0) is 0 Å². The van der Waals surface area contributed by atoms with E-state index in [0.29, 0.717) is 0 Å². The normalized spacial score (nSPS) is 12.3. The zero-order chi connectivity index (χ0) is 16.2. The standard InChI is InChI=1S/C20H23BS/c1-4-5-9-14-22-15-10-7-6-8-11-18(3)19-13-12-17(2)16-20(19)21/h4-9,11-14,16H,3,10,15H2,1-2H3/b5-4-,7-6-,11-8-,14-9+. The van der Waals surface area contributed by atoms with E-state index in [1.54, 1.807) is 0 Å². The van der Waals surface area contributed by atoms with E-state index in [1.807, 2.05) is 62.0 Å². The molecule has 2 heteroatoms. The van der Waals surface area contributed by atoms with Gasteiger partial charge in [0.15, 0.2) is 0 Å². The topological polar surface area (TPSA) is 0 Å². The second-order valence-electron chi connectivity index (χ2n) is 4.92. The number of thioether (sulfide) groups is 1. The summed E-state index contributed by atoms with van der Waals surface area (Å²) in [7, 11) is 6.02. The Kier molecular flexibility index (Phi) is 9.17. The Bertz CT molecular complexity index is 592. The highest BCUT2D eigenvalue weighted by molar-refractivity contribution is 8.02.